The highest BCUT2D eigenvalue weighted by atomic mass is 16.5. The van der Waals surface area contributed by atoms with E-state index in [1.807, 2.05) is 17.9 Å². The minimum atomic E-state index is -0.452. The van der Waals surface area contributed by atoms with Gasteiger partial charge in [0.05, 0.1) is 24.5 Å². The quantitative estimate of drug-likeness (QED) is 0.796. The molecule has 7 nitrogen and oxygen atoms in total. The molecule has 1 aliphatic rings. The molecule has 1 unspecified atom stereocenters. The SMILES string of the molecule is CCNC(=O)C1COCCN1c1ncc(C#N)cc1N. The van der Waals surface area contributed by atoms with E-state index in [0.29, 0.717) is 43.4 Å². The van der Waals surface area contributed by atoms with Crippen molar-refractivity contribution in [2.24, 2.45) is 0 Å². The van der Waals surface area contributed by atoms with Crippen LogP contribution in [-0.2, 0) is 9.53 Å². The number of carbonyl (C=O) groups is 1. The standard InChI is InChI=1S/C13H17N5O2/c1-2-16-13(19)11-8-20-4-3-18(11)12-10(15)5-9(6-14)7-17-12/h5,7,11H,2-4,8,15H2,1H3,(H,16,19). The third-order valence-electron chi connectivity index (χ3n) is 3.08. The smallest absolute Gasteiger partial charge is 0.245 e. The lowest BCUT2D eigenvalue weighted by Gasteiger charge is -2.35. The lowest BCUT2D eigenvalue weighted by Crippen LogP contribution is -2.54. The van der Waals surface area contributed by atoms with Crippen molar-refractivity contribution in [3.05, 3.63) is 17.8 Å². The molecular weight excluding hydrogens is 258 g/mol. The van der Waals surface area contributed by atoms with Crippen LogP contribution in [0.15, 0.2) is 12.3 Å². The van der Waals surface area contributed by atoms with Crippen molar-refractivity contribution in [2.75, 3.05) is 36.9 Å². The van der Waals surface area contributed by atoms with E-state index >= 15 is 0 Å². The van der Waals surface area contributed by atoms with E-state index in [1.54, 1.807) is 6.07 Å². The third kappa shape index (κ3) is 2.81. The summed E-state index contributed by atoms with van der Waals surface area (Å²) in [6.07, 6.45) is 1.45. The van der Waals surface area contributed by atoms with E-state index in [0.717, 1.165) is 0 Å². The van der Waals surface area contributed by atoms with Gasteiger partial charge in [-0.1, -0.05) is 0 Å². The van der Waals surface area contributed by atoms with E-state index in [1.165, 1.54) is 6.20 Å². The number of nitrogens with two attached hydrogens (primary N) is 1. The number of carbonyl (C=O) groups excluding carboxylic acids is 1. The highest BCUT2D eigenvalue weighted by Crippen LogP contribution is 2.24. The maximum atomic E-state index is 12.1. The first-order valence-corrected chi connectivity index (χ1v) is 6.45. The first-order chi connectivity index (χ1) is 9.67. The summed E-state index contributed by atoms with van der Waals surface area (Å²) >= 11 is 0. The number of pyridine rings is 1. The predicted molar refractivity (Wildman–Crippen MR) is 74.0 cm³/mol. The molecule has 20 heavy (non-hydrogen) atoms. The summed E-state index contributed by atoms with van der Waals surface area (Å²) in [6.45, 7) is 3.76. The highest BCUT2D eigenvalue weighted by molar-refractivity contribution is 5.86. The number of nitriles is 1. The molecule has 106 valence electrons. The number of rotatable bonds is 3. The van der Waals surface area contributed by atoms with Crippen LogP contribution in [0.4, 0.5) is 11.5 Å². The number of nitrogens with zero attached hydrogens (tertiary/aromatic N) is 3. The summed E-state index contributed by atoms with van der Waals surface area (Å²) in [5.74, 6) is 0.404. The average molecular weight is 275 g/mol. The number of nitrogens with one attached hydrogen (secondary N) is 1. The molecular formula is C13H17N5O2. The molecule has 0 radical (unpaired) electrons. The Morgan fingerprint density at radius 1 is 1.75 bits per heavy atom. The van der Waals surface area contributed by atoms with Crippen LogP contribution in [0.2, 0.25) is 0 Å². The lowest BCUT2D eigenvalue weighted by molar-refractivity contribution is -0.124. The summed E-state index contributed by atoms with van der Waals surface area (Å²) < 4.78 is 5.36. The van der Waals surface area contributed by atoms with Gasteiger partial charge in [0, 0.05) is 19.3 Å². The first-order valence-electron chi connectivity index (χ1n) is 6.45. The van der Waals surface area contributed by atoms with Gasteiger partial charge in [0.1, 0.15) is 12.1 Å². The van der Waals surface area contributed by atoms with E-state index < -0.39 is 6.04 Å². The Morgan fingerprint density at radius 3 is 3.20 bits per heavy atom. The second-order valence-electron chi connectivity index (χ2n) is 4.43. The predicted octanol–water partition coefficient (Wildman–Crippen LogP) is -0.123. The number of ether oxygens (including phenoxy) is 1. The van der Waals surface area contributed by atoms with Crippen LogP contribution >= 0.6 is 0 Å². The number of nitrogen functional groups attached to an aromatic ring is 1. The molecule has 1 amide bonds. The Balaban J connectivity index is 2.28. The van der Waals surface area contributed by atoms with E-state index in [2.05, 4.69) is 10.3 Å². The fourth-order valence-electron chi connectivity index (χ4n) is 2.14. The van der Waals surface area contributed by atoms with Gasteiger partial charge >= 0.3 is 0 Å². The Bertz CT molecular complexity index is 540. The van der Waals surface area contributed by atoms with Gasteiger partial charge in [0.2, 0.25) is 5.91 Å². The van der Waals surface area contributed by atoms with Gasteiger partial charge in [-0.25, -0.2) is 4.98 Å². The molecule has 1 aromatic rings. The zero-order valence-electron chi connectivity index (χ0n) is 11.3. The van der Waals surface area contributed by atoms with Crippen molar-refractivity contribution < 1.29 is 9.53 Å². The van der Waals surface area contributed by atoms with Crippen molar-refractivity contribution >= 4 is 17.4 Å². The van der Waals surface area contributed by atoms with Crippen molar-refractivity contribution in [1.82, 2.24) is 10.3 Å². The fourth-order valence-corrected chi connectivity index (χ4v) is 2.14. The lowest BCUT2D eigenvalue weighted by atomic mass is 10.2. The molecule has 0 aliphatic carbocycles. The van der Waals surface area contributed by atoms with E-state index in [4.69, 9.17) is 15.7 Å². The Kier molecular flexibility index (Phi) is 4.38. The molecule has 1 aromatic heterocycles. The van der Waals surface area contributed by atoms with Gasteiger partial charge < -0.3 is 20.7 Å². The largest absolute Gasteiger partial charge is 0.396 e. The third-order valence-corrected chi connectivity index (χ3v) is 3.08. The topological polar surface area (TPSA) is 104 Å². The maximum Gasteiger partial charge on any atom is 0.245 e. The molecule has 0 spiro atoms. The zero-order chi connectivity index (χ0) is 14.5. The van der Waals surface area contributed by atoms with Crippen LogP contribution in [0.5, 0.6) is 0 Å². The van der Waals surface area contributed by atoms with Crippen molar-refractivity contribution in [3.8, 4) is 6.07 Å². The number of amides is 1. The maximum absolute atomic E-state index is 12.1. The van der Waals surface area contributed by atoms with E-state index in [9.17, 15) is 4.79 Å². The summed E-state index contributed by atoms with van der Waals surface area (Å²) in [5.41, 5.74) is 6.72. The number of hydrogen-bond donors (Lipinski definition) is 2. The van der Waals surface area contributed by atoms with Gasteiger partial charge in [0.25, 0.3) is 0 Å². The van der Waals surface area contributed by atoms with Crippen LogP contribution in [0.3, 0.4) is 0 Å². The first kappa shape index (κ1) is 14.1. The van der Waals surface area contributed by atoms with Crippen molar-refractivity contribution in [3.63, 3.8) is 0 Å². The van der Waals surface area contributed by atoms with Crippen LogP contribution in [0, 0.1) is 11.3 Å². The minimum Gasteiger partial charge on any atom is -0.396 e. The molecule has 0 saturated carbocycles. The monoisotopic (exact) mass is 275 g/mol. The number of hydrogen-bond acceptors (Lipinski definition) is 6. The summed E-state index contributed by atoms with van der Waals surface area (Å²) in [7, 11) is 0. The summed E-state index contributed by atoms with van der Waals surface area (Å²) in [5, 5.41) is 11.6. The van der Waals surface area contributed by atoms with Crippen LogP contribution in [0.1, 0.15) is 12.5 Å². The molecule has 3 N–H and O–H groups in total. The fraction of sp³-hybridized carbons (Fsp3) is 0.462. The molecule has 1 atom stereocenters. The molecule has 0 bridgehead atoms. The van der Waals surface area contributed by atoms with Gasteiger partial charge in [-0.05, 0) is 13.0 Å². The summed E-state index contributed by atoms with van der Waals surface area (Å²) in [6, 6.07) is 3.10. The zero-order valence-corrected chi connectivity index (χ0v) is 11.3. The highest BCUT2D eigenvalue weighted by Gasteiger charge is 2.31. The Morgan fingerprint density at radius 2 is 2.55 bits per heavy atom. The molecule has 7 heteroatoms. The molecule has 1 saturated heterocycles. The Labute approximate surface area is 117 Å². The normalized spacial score (nSPS) is 18.4. The summed E-state index contributed by atoms with van der Waals surface area (Å²) in [4.78, 5) is 18.1. The van der Waals surface area contributed by atoms with Crippen molar-refractivity contribution in [1.29, 1.82) is 5.26 Å². The molecule has 2 heterocycles. The Hall–Kier alpha value is -2.33. The number of likely N-dealkylation sites (N-methyl/N-ethyl adjacent to an activating group) is 1. The van der Waals surface area contributed by atoms with Crippen molar-refractivity contribution in [2.45, 2.75) is 13.0 Å². The average Bonchev–Trinajstić information content (AvgIpc) is 2.47. The molecule has 0 aromatic carbocycles. The van der Waals surface area contributed by atoms with E-state index in [-0.39, 0.29) is 5.91 Å². The second kappa shape index (κ2) is 6.21. The van der Waals surface area contributed by atoms with Gasteiger partial charge in [0.15, 0.2) is 5.82 Å². The number of aromatic nitrogens is 1. The van der Waals surface area contributed by atoms with Gasteiger partial charge in [-0.2, -0.15) is 5.26 Å². The van der Waals surface area contributed by atoms with Gasteiger partial charge in [-0.15, -0.1) is 0 Å². The van der Waals surface area contributed by atoms with Crippen LogP contribution in [-0.4, -0.2) is 43.2 Å². The molecule has 2 rings (SSSR count). The number of morpholine rings is 1. The minimum absolute atomic E-state index is 0.113. The van der Waals surface area contributed by atoms with Crippen LogP contribution in [0.25, 0.3) is 0 Å². The number of anilines is 2. The van der Waals surface area contributed by atoms with Crippen LogP contribution < -0.4 is 16.0 Å². The second-order valence-corrected chi connectivity index (χ2v) is 4.43. The van der Waals surface area contributed by atoms with Gasteiger partial charge in [-0.3, -0.25) is 4.79 Å². The molecule has 1 fully saturated rings. The molecule has 1 aliphatic heterocycles.